The van der Waals surface area contributed by atoms with Gasteiger partial charge in [0, 0.05) is 25.2 Å². The van der Waals surface area contributed by atoms with Crippen molar-refractivity contribution >= 4 is 21.2 Å². The highest BCUT2D eigenvalue weighted by atomic mass is 32.2. The van der Waals surface area contributed by atoms with E-state index in [0.717, 1.165) is 10.7 Å². The van der Waals surface area contributed by atoms with E-state index < -0.39 is 9.84 Å². The second kappa shape index (κ2) is 5.01. The van der Waals surface area contributed by atoms with Crippen LogP contribution in [0, 0.1) is 0 Å². The third kappa shape index (κ3) is 3.41. The van der Waals surface area contributed by atoms with Crippen LogP contribution < -0.4 is 0 Å². The van der Waals surface area contributed by atoms with Crippen molar-refractivity contribution in [2.75, 3.05) is 12.0 Å². The summed E-state index contributed by atoms with van der Waals surface area (Å²) in [7, 11) is -2.88. The van der Waals surface area contributed by atoms with Gasteiger partial charge in [0.05, 0.1) is 10.6 Å². The monoisotopic (exact) mass is 270 g/mol. The molecule has 0 aliphatic carbocycles. The van der Waals surface area contributed by atoms with Gasteiger partial charge in [0.2, 0.25) is 0 Å². The van der Waals surface area contributed by atoms with Crippen LogP contribution in [0.2, 0.25) is 0 Å². The summed E-state index contributed by atoms with van der Waals surface area (Å²) >= 11 is 1.63. The molecular formula is C11H14N2O2S2. The Labute approximate surface area is 105 Å². The van der Waals surface area contributed by atoms with Gasteiger partial charge < -0.3 is 4.57 Å². The van der Waals surface area contributed by atoms with Gasteiger partial charge in [-0.2, -0.15) is 0 Å². The molecule has 0 N–H and O–H groups in total. The van der Waals surface area contributed by atoms with Gasteiger partial charge in [0.1, 0.15) is 15.7 Å². The number of rotatable bonds is 5. The summed E-state index contributed by atoms with van der Waals surface area (Å²) in [5.41, 5.74) is 0. The van der Waals surface area contributed by atoms with Crippen LogP contribution in [-0.2, 0) is 16.4 Å². The second-order valence-corrected chi connectivity index (χ2v) is 7.11. The number of sulfone groups is 1. The summed E-state index contributed by atoms with van der Waals surface area (Å²) in [5, 5.41) is 2.00. The van der Waals surface area contributed by atoms with Crippen molar-refractivity contribution in [3.63, 3.8) is 0 Å². The van der Waals surface area contributed by atoms with Crippen LogP contribution in [0.3, 0.4) is 0 Å². The summed E-state index contributed by atoms with van der Waals surface area (Å²) in [6.45, 7) is 0.681. The average molecular weight is 270 g/mol. The minimum Gasteiger partial charge on any atom is -0.330 e. The molecule has 2 aromatic heterocycles. The first-order chi connectivity index (χ1) is 8.06. The van der Waals surface area contributed by atoms with E-state index in [0.29, 0.717) is 13.0 Å². The number of hydrogen-bond acceptors (Lipinski definition) is 4. The van der Waals surface area contributed by atoms with Gasteiger partial charge in [-0.3, -0.25) is 0 Å². The van der Waals surface area contributed by atoms with Gasteiger partial charge in [-0.15, -0.1) is 11.3 Å². The highest BCUT2D eigenvalue weighted by Gasteiger charge is 2.07. The molecule has 0 aromatic carbocycles. The second-order valence-electron chi connectivity index (χ2n) is 3.90. The van der Waals surface area contributed by atoms with E-state index in [4.69, 9.17) is 0 Å². The minimum absolute atomic E-state index is 0.217. The van der Waals surface area contributed by atoms with Crippen molar-refractivity contribution in [1.29, 1.82) is 0 Å². The molecule has 92 valence electrons. The molecule has 0 amide bonds. The topological polar surface area (TPSA) is 52.0 Å². The molecule has 2 rings (SSSR count). The van der Waals surface area contributed by atoms with Gasteiger partial charge >= 0.3 is 0 Å². The largest absolute Gasteiger partial charge is 0.330 e. The molecule has 0 bridgehead atoms. The predicted molar refractivity (Wildman–Crippen MR) is 69.9 cm³/mol. The summed E-state index contributed by atoms with van der Waals surface area (Å²) in [6.07, 6.45) is 5.52. The Balaban J connectivity index is 2.05. The van der Waals surface area contributed by atoms with Crippen molar-refractivity contribution in [1.82, 2.24) is 9.55 Å². The van der Waals surface area contributed by atoms with E-state index in [9.17, 15) is 8.42 Å². The third-order valence-corrected chi connectivity index (χ3v) is 4.27. The van der Waals surface area contributed by atoms with Crippen LogP contribution in [0.5, 0.6) is 0 Å². The number of aryl methyl sites for hydroxylation is 1. The van der Waals surface area contributed by atoms with E-state index in [1.807, 2.05) is 28.3 Å². The highest BCUT2D eigenvalue weighted by Crippen LogP contribution is 2.22. The zero-order valence-corrected chi connectivity index (χ0v) is 11.2. The fourth-order valence-corrected chi connectivity index (χ4v) is 3.01. The van der Waals surface area contributed by atoms with E-state index in [1.54, 1.807) is 17.5 Å². The number of thiophene rings is 1. The zero-order valence-electron chi connectivity index (χ0n) is 9.54. The molecule has 2 heterocycles. The lowest BCUT2D eigenvalue weighted by molar-refractivity contribution is 0.592. The van der Waals surface area contributed by atoms with Crippen molar-refractivity contribution in [3.05, 3.63) is 29.9 Å². The van der Waals surface area contributed by atoms with Gasteiger partial charge in [-0.1, -0.05) is 6.07 Å². The average Bonchev–Trinajstić information content (AvgIpc) is 2.82. The Morgan fingerprint density at radius 3 is 2.94 bits per heavy atom. The normalized spacial score (nSPS) is 11.8. The van der Waals surface area contributed by atoms with E-state index in [1.165, 1.54) is 6.26 Å². The Morgan fingerprint density at radius 1 is 1.47 bits per heavy atom. The molecule has 0 saturated carbocycles. The van der Waals surface area contributed by atoms with Gasteiger partial charge in [-0.25, -0.2) is 13.4 Å². The smallest absolute Gasteiger partial charge is 0.149 e. The zero-order chi connectivity index (χ0) is 12.3. The fourth-order valence-electron chi connectivity index (χ4n) is 1.62. The van der Waals surface area contributed by atoms with Crippen molar-refractivity contribution < 1.29 is 8.42 Å². The quantitative estimate of drug-likeness (QED) is 0.835. The highest BCUT2D eigenvalue weighted by molar-refractivity contribution is 7.90. The van der Waals surface area contributed by atoms with Crippen LogP contribution >= 0.6 is 11.3 Å². The molecular weight excluding hydrogens is 256 g/mol. The lowest BCUT2D eigenvalue weighted by Crippen LogP contribution is -2.07. The predicted octanol–water partition coefficient (Wildman–Crippen LogP) is 2.05. The van der Waals surface area contributed by atoms with Gasteiger partial charge in [-0.05, 0) is 17.9 Å². The fraction of sp³-hybridized carbons (Fsp3) is 0.364. The standard InChI is InChI=1S/C11H14N2O2S2/c1-17(14,15)9-3-6-13-7-5-12-11(13)10-4-2-8-16-10/h2,4-5,7-8H,3,6,9H2,1H3. The first kappa shape index (κ1) is 12.3. The number of hydrogen-bond donors (Lipinski definition) is 0. The first-order valence-electron chi connectivity index (χ1n) is 5.29. The van der Waals surface area contributed by atoms with E-state index >= 15 is 0 Å². The summed E-state index contributed by atoms with van der Waals surface area (Å²) in [5.74, 6) is 1.13. The number of imidazole rings is 1. The Kier molecular flexibility index (Phi) is 3.63. The van der Waals surface area contributed by atoms with Crippen LogP contribution in [0.25, 0.3) is 10.7 Å². The van der Waals surface area contributed by atoms with Crippen LogP contribution in [-0.4, -0.2) is 30.0 Å². The number of nitrogens with zero attached hydrogens (tertiary/aromatic N) is 2. The molecule has 0 aliphatic rings. The van der Waals surface area contributed by atoms with E-state index in [2.05, 4.69) is 4.98 Å². The number of aromatic nitrogens is 2. The van der Waals surface area contributed by atoms with Crippen molar-refractivity contribution in [2.45, 2.75) is 13.0 Å². The van der Waals surface area contributed by atoms with Crippen LogP contribution in [0.15, 0.2) is 29.9 Å². The molecule has 0 atom stereocenters. The Bertz CT molecular complexity index is 570. The van der Waals surface area contributed by atoms with Crippen molar-refractivity contribution in [2.24, 2.45) is 0 Å². The van der Waals surface area contributed by atoms with E-state index in [-0.39, 0.29) is 5.75 Å². The molecule has 0 spiro atoms. The molecule has 0 fully saturated rings. The molecule has 17 heavy (non-hydrogen) atoms. The Hall–Kier alpha value is -1.14. The maximum absolute atomic E-state index is 11.1. The summed E-state index contributed by atoms with van der Waals surface area (Å²) < 4.78 is 24.1. The molecule has 0 saturated heterocycles. The lowest BCUT2D eigenvalue weighted by Gasteiger charge is -2.05. The molecule has 0 radical (unpaired) electrons. The summed E-state index contributed by atoms with van der Waals surface area (Å²) in [6, 6.07) is 4.00. The molecule has 0 aliphatic heterocycles. The molecule has 6 heteroatoms. The lowest BCUT2D eigenvalue weighted by atomic mass is 10.4. The van der Waals surface area contributed by atoms with Crippen LogP contribution in [0.1, 0.15) is 6.42 Å². The third-order valence-electron chi connectivity index (χ3n) is 2.37. The molecule has 4 nitrogen and oxygen atoms in total. The maximum atomic E-state index is 11.1. The molecule has 0 unspecified atom stereocenters. The maximum Gasteiger partial charge on any atom is 0.149 e. The Morgan fingerprint density at radius 2 is 2.29 bits per heavy atom. The van der Waals surface area contributed by atoms with Crippen LogP contribution in [0.4, 0.5) is 0 Å². The van der Waals surface area contributed by atoms with Gasteiger partial charge in [0.25, 0.3) is 0 Å². The van der Waals surface area contributed by atoms with Gasteiger partial charge in [0.15, 0.2) is 0 Å². The SMILES string of the molecule is CS(=O)(=O)CCCn1ccnc1-c1cccs1. The minimum atomic E-state index is -2.88. The molecule has 2 aromatic rings. The first-order valence-corrected chi connectivity index (χ1v) is 8.23. The summed E-state index contributed by atoms with van der Waals surface area (Å²) in [4.78, 5) is 5.40. The van der Waals surface area contributed by atoms with Crippen molar-refractivity contribution in [3.8, 4) is 10.7 Å².